The molecule has 0 unspecified atom stereocenters. The van der Waals surface area contributed by atoms with Crippen LogP contribution in [0.5, 0.6) is 0 Å². The fourth-order valence-electron chi connectivity index (χ4n) is 1.50. The van der Waals surface area contributed by atoms with Gasteiger partial charge in [0.25, 0.3) is 0 Å². The molecular weight excluding hydrogens is 258 g/mol. The zero-order valence-corrected chi connectivity index (χ0v) is 12.3. The number of anilines is 1. The Kier molecular flexibility index (Phi) is 5.64. The number of aliphatic hydroxyl groups is 1. The molecule has 0 saturated carbocycles. The van der Waals surface area contributed by atoms with Crippen molar-refractivity contribution in [3.63, 3.8) is 0 Å². The van der Waals surface area contributed by atoms with Gasteiger partial charge in [-0.3, -0.25) is 10.3 Å². The number of ether oxygens (including phenoxy) is 1. The van der Waals surface area contributed by atoms with Crippen molar-refractivity contribution in [1.82, 2.24) is 4.98 Å². The first kappa shape index (κ1) is 16.1. The Hall–Kier alpha value is -1.95. The molecule has 0 bridgehead atoms. The molecule has 6 heteroatoms. The SMILES string of the molecule is CC(=NCCO)c1cccnc1NC(=O)OC(C)(C)C. The number of carbonyl (C=O) groups excluding carboxylic acids is 1. The number of amides is 1. The number of rotatable bonds is 4. The number of carbonyl (C=O) groups is 1. The van der Waals surface area contributed by atoms with E-state index in [1.54, 1.807) is 46.0 Å². The highest BCUT2D eigenvalue weighted by atomic mass is 16.6. The van der Waals surface area contributed by atoms with Crippen LogP contribution in [0.15, 0.2) is 23.3 Å². The van der Waals surface area contributed by atoms with Gasteiger partial charge in [0.2, 0.25) is 0 Å². The molecule has 1 aromatic rings. The van der Waals surface area contributed by atoms with E-state index in [2.05, 4.69) is 15.3 Å². The zero-order chi connectivity index (χ0) is 15.2. The molecule has 1 aromatic heterocycles. The number of aromatic nitrogens is 1. The van der Waals surface area contributed by atoms with E-state index in [4.69, 9.17) is 9.84 Å². The van der Waals surface area contributed by atoms with E-state index in [1.165, 1.54) is 0 Å². The molecular formula is C14H21N3O3. The summed E-state index contributed by atoms with van der Waals surface area (Å²) >= 11 is 0. The highest BCUT2D eigenvalue weighted by Crippen LogP contribution is 2.15. The van der Waals surface area contributed by atoms with Gasteiger partial charge >= 0.3 is 6.09 Å². The summed E-state index contributed by atoms with van der Waals surface area (Å²) in [4.78, 5) is 20.1. The first-order chi connectivity index (χ1) is 9.33. The first-order valence-corrected chi connectivity index (χ1v) is 6.41. The van der Waals surface area contributed by atoms with Gasteiger partial charge in [-0.1, -0.05) is 0 Å². The van der Waals surface area contributed by atoms with Crippen molar-refractivity contribution in [2.24, 2.45) is 4.99 Å². The molecule has 0 saturated heterocycles. The fraction of sp³-hybridized carbons (Fsp3) is 0.500. The summed E-state index contributed by atoms with van der Waals surface area (Å²) in [5.41, 5.74) is 0.823. The zero-order valence-electron chi connectivity index (χ0n) is 12.3. The number of nitrogens with one attached hydrogen (secondary N) is 1. The predicted octanol–water partition coefficient (Wildman–Crippen LogP) is 2.23. The summed E-state index contributed by atoms with van der Waals surface area (Å²) in [7, 11) is 0. The fourth-order valence-corrected chi connectivity index (χ4v) is 1.50. The van der Waals surface area contributed by atoms with Gasteiger partial charge in [0.1, 0.15) is 11.4 Å². The maximum absolute atomic E-state index is 11.8. The van der Waals surface area contributed by atoms with Gasteiger partial charge < -0.3 is 9.84 Å². The number of aliphatic hydroxyl groups excluding tert-OH is 1. The van der Waals surface area contributed by atoms with E-state index in [-0.39, 0.29) is 6.61 Å². The van der Waals surface area contributed by atoms with Crippen LogP contribution in [0.25, 0.3) is 0 Å². The van der Waals surface area contributed by atoms with Crippen molar-refractivity contribution >= 4 is 17.6 Å². The van der Waals surface area contributed by atoms with Gasteiger partial charge in [0.15, 0.2) is 0 Å². The minimum Gasteiger partial charge on any atom is -0.444 e. The van der Waals surface area contributed by atoms with Crippen LogP contribution in [0.1, 0.15) is 33.3 Å². The highest BCUT2D eigenvalue weighted by Gasteiger charge is 2.18. The average molecular weight is 279 g/mol. The van der Waals surface area contributed by atoms with Crippen molar-refractivity contribution in [2.45, 2.75) is 33.3 Å². The van der Waals surface area contributed by atoms with E-state index >= 15 is 0 Å². The third-order valence-electron chi connectivity index (χ3n) is 2.27. The van der Waals surface area contributed by atoms with Crippen molar-refractivity contribution in [1.29, 1.82) is 0 Å². The van der Waals surface area contributed by atoms with Crippen LogP contribution in [0, 0.1) is 0 Å². The van der Waals surface area contributed by atoms with Gasteiger partial charge in [-0.05, 0) is 39.8 Å². The molecule has 0 atom stereocenters. The summed E-state index contributed by atoms with van der Waals surface area (Å²) in [5, 5.41) is 11.4. The second-order valence-electron chi connectivity index (χ2n) is 5.22. The van der Waals surface area contributed by atoms with E-state index in [0.29, 0.717) is 23.6 Å². The van der Waals surface area contributed by atoms with Gasteiger partial charge in [0.05, 0.1) is 13.2 Å². The van der Waals surface area contributed by atoms with Crippen LogP contribution in [0.4, 0.5) is 10.6 Å². The molecule has 0 radical (unpaired) electrons. The number of nitrogens with zero attached hydrogens (tertiary/aromatic N) is 2. The van der Waals surface area contributed by atoms with Gasteiger partial charge in [-0.25, -0.2) is 9.78 Å². The van der Waals surface area contributed by atoms with E-state index < -0.39 is 11.7 Å². The molecule has 110 valence electrons. The lowest BCUT2D eigenvalue weighted by atomic mass is 10.1. The third kappa shape index (κ3) is 5.36. The van der Waals surface area contributed by atoms with Crippen LogP contribution >= 0.6 is 0 Å². The number of pyridine rings is 1. The molecule has 0 aliphatic heterocycles. The maximum atomic E-state index is 11.8. The van der Waals surface area contributed by atoms with Crippen LogP contribution in [-0.4, -0.2) is 40.6 Å². The second kappa shape index (κ2) is 7.00. The van der Waals surface area contributed by atoms with Crippen LogP contribution in [0.3, 0.4) is 0 Å². The number of hydrogen-bond acceptors (Lipinski definition) is 5. The monoisotopic (exact) mass is 279 g/mol. The lowest BCUT2D eigenvalue weighted by molar-refractivity contribution is 0.0635. The molecule has 20 heavy (non-hydrogen) atoms. The molecule has 1 amide bonds. The molecule has 1 rings (SSSR count). The van der Waals surface area contributed by atoms with Crippen LogP contribution in [0.2, 0.25) is 0 Å². The summed E-state index contributed by atoms with van der Waals surface area (Å²) in [6.45, 7) is 7.46. The van der Waals surface area contributed by atoms with E-state index in [0.717, 1.165) is 0 Å². The lowest BCUT2D eigenvalue weighted by Crippen LogP contribution is -2.28. The predicted molar refractivity (Wildman–Crippen MR) is 78.3 cm³/mol. The molecule has 0 aliphatic rings. The standard InChI is InChI=1S/C14H21N3O3/c1-10(15-8-9-18)11-6-5-7-16-12(11)17-13(19)20-14(2,3)4/h5-7,18H,8-9H2,1-4H3,(H,16,17,19). The minimum absolute atomic E-state index is 0.0214. The lowest BCUT2D eigenvalue weighted by Gasteiger charge is -2.20. The summed E-state index contributed by atoms with van der Waals surface area (Å²) in [5.74, 6) is 0.390. The van der Waals surface area contributed by atoms with E-state index in [9.17, 15) is 4.79 Å². The van der Waals surface area contributed by atoms with Crippen molar-refractivity contribution in [3.8, 4) is 0 Å². The largest absolute Gasteiger partial charge is 0.444 e. The minimum atomic E-state index is -0.570. The molecule has 1 heterocycles. The van der Waals surface area contributed by atoms with Gasteiger partial charge in [-0.2, -0.15) is 0 Å². The Bertz CT molecular complexity index is 493. The molecule has 6 nitrogen and oxygen atoms in total. The van der Waals surface area contributed by atoms with Gasteiger partial charge in [0, 0.05) is 17.5 Å². The summed E-state index contributed by atoms with van der Waals surface area (Å²) in [6, 6.07) is 3.56. The molecule has 0 fully saturated rings. The average Bonchev–Trinajstić information content (AvgIpc) is 2.34. The Morgan fingerprint density at radius 3 is 2.80 bits per heavy atom. The summed E-state index contributed by atoms with van der Waals surface area (Å²) in [6.07, 6.45) is 1.02. The van der Waals surface area contributed by atoms with Crippen molar-refractivity contribution in [3.05, 3.63) is 23.9 Å². The Balaban J connectivity index is 2.88. The normalized spacial score (nSPS) is 12.2. The Labute approximate surface area is 118 Å². The van der Waals surface area contributed by atoms with Gasteiger partial charge in [-0.15, -0.1) is 0 Å². The maximum Gasteiger partial charge on any atom is 0.413 e. The molecule has 2 N–H and O–H groups in total. The van der Waals surface area contributed by atoms with E-state index in [1.807, 2.05) is 0 Å². The Morgan fingerprint density at radius 2 is 2.20 bits per heavy atom. The third-order valence-corrected chi connectivity index (χ3v) is 2.27. The Morgan fingerprint density at radius 1 is 1.50 bits per heavy atom. The second-order valence-corrected chi connectivity index (χ2v) is 5.22. The topological polar surface area (TPSA) is 83.8 Å². The molecule has 0 aliphatic carbocycles. The van der Waals surface area contributed by atoms with Crippen molar-refractivity contribution < 1.29 is 14.6 Å². The smallest absolute Gasteiger partial charge is 0.413 e. The van der Waals surface area contributed by atoms with Crippen LogP contribution in [-0.2, 0) is 4.74 Å². The number of hydrogen-bond donors (Lipinski definition) is 2. The summed E-state index contributed by atoms with van der Waals surface area (Å²) < 4.78 is 5.19. The quantitative estimate of drug-likeness (QED) is 0.828. The van der Waals surface area contributed by atoms with Crippen LogP contribution < -0.4 is 5.32 Å². The molecule has 0 spiro atoms. The first-order valence-electron chi connectivity index (χ1n) is 6.41. The molecule has 0 aromatic carbocycles. The highest BCUT2D eigenvalue weighted by molar-refractivity contribution is 6.04. The number of aliphatic imine (C=N–C) groups is 1. The van der Waals surface area contributed by atoms with Crippen molar-refractivity contribution in [2.75, 3.05) is 18.5 Å².